The first-order valence-electron chi connectivity index (χ1n) is 7.08. The number of hydrogen-bond acceptors (Lipinski definition) is 3. The number of hydrogen-bond donors (Lipinski definition) is 1. The number of ether oxygens (including phenoxy) is 2. The molecule has 23 heavy (non-hydrogen) atoms. The van der Waals surface area contributed by atoms with Gasteiger partial charge in [-0.15, -0.1) is 0 Å². The second-order valence-corrected chi connectivity index (χ2v) is 5.14. The van der Waals surface area contributed by atoms with Crippen molar-refractivity contribution in [2.75, 3.05) is 13.7 Å². The van der Waals surface area contributed by atoms with E-state index >= 15 is 0 Å². The van der Waals surface area contributed by atoms with Crippen LogP contribution in [0.3, 0.4) is 0 Å². The Morgan fingerprint density at radius 2 is 1.96 bits per heavy atom. The van der Waals surface area contributed by atoms with E-state index in [-0.39, 0.29) is 18.3 Å². The van der Waals surface area contributed by atoms with E-state index in [9.17, 15) is 9.18 Å². The van der Waals surface area contributed by atoms with Crippen molar-refractivity contribution in [1.82, 2.24) is 5.32 Å². The van der Waals surface area contributed by atoms with Crippen LogP contribution in [0.15, 0.2) is 36.4 Å². The van der Waals surface area contributed by atoms with E-state index in [1.54, 1.807) is 18.2 Å². The highest BCUT2D eigenvalue weighted by Crippen LogP contribution is 2.36. The van der Waals surface area contributed by atoms with Crippen LogP contribution < -0.4 is 14.8 Å². The molecule has 2 aromatic rings. The van der Waals surface area contributed by atoms with Gasteiger partial charge in [-0.2, -0.15) is 0 Å². The van der Waals surface area contributed by atoms with E-state index in [1.807, 2.05) is 6.92 Å². The summed E-state index contributed by atoms with van der Waals surface area (Å²) in [5, 5.41) is 3.05. The summed E-state index contributed by atoms with van der Waals surface area (Å²) in [6.45, 7) is 2.55. The van der Waals surface area contributed by atoms with Crippen molar-refractivity contribution in [1.29, 1.82) is 0 Å². The fraction of sp³-hybridized carbons (Fsp3) is 0.235. The average molecular weight is 338 g/mol. The van der Waals surface area contributed by atoms with Crippen LogP contribution in [0.4, 0.5) is 4.39 Å². The van der Waals surface area contributed by atoms with Crippen molar-refractivity contribution < 1.29 is 18.7 Å². The van der Waals surface area contributed by atoms with Gasteiger partial charge in [0.15, 0.2) is 11.5 Å². The maximum atomic E-state index is 12.9. The standard InChI is InChI=1S/C17H17ClFNO3/c1-3-23-16-14(18)8-12(9-15(16)22-2)17(21)20-10-11-4-6-13(19)7-5-11/h4-9H,3,10H2,1-2H3,(H,20,21). The minimum atomic E-state index is -0.317. The number of benzene rings is 2. The molecular weight excluding hydrogens is 321 g/mol. The molecule has 0 saturated heterocycles. The Hall–Kier alpha value is -2.27. The summed E-state index contributed by atoms with van der Waals surface area (Å²) >= 11 is 6.14. The van der Waals surface area contributed by atoms with Crippen molar-refractivity contribution >= 4 is 17.5 Å². The number of nitrogens with one attached hydrogen (secondary N) is 1. The highest BCUT2D eigenvalue weighted by molar-refractivity contribution is 6.32. The first-order chi connectivity index (χ1) is 11.0. The number of halogens is 2. The number of carbonyl (C=O) groups is 1. The normalized spacial score (nSPS) is 10.3. The Labute approximate surface area is 139 Å². The van der Waals surface area contributed by atoms with Crippen molar-refractivity contribution in [3.8, 4) is 11.5 Å². The Balaban J connectivity index is 2.12. The molecule has 0 atom stereocenters. The van der Waals surface area contributed by atoms with E-state index in [0.717, 1.165) is 5.56 Å². The van der Waals surface area contributed by atoms with Gasteiger partial charge in [0.05, 0.1) is 18.7 Å². The van der Waals surface area contributed by atoms with Crippen LogP contribution in [0.5, 0.6) is 11.5 Å². The molecule has 6 heteroatoms. The fourth-order valence-electron chi connectivity index (χ4n) is 2.02. The maximum absolute atomic E-state index is 12.9. The van der Waals surface area contributed by atoms with Crippen molar-refractivity contribution in [3.63, 3.8) is 0 Å². The number of amides is 1. The Morgan fingerprint density at radius 1 is 1.26 bits per heavy atom. The molecule has 0 saturated carbocycles. The molecule has 0 aromatic heterocycles. The Bertz CT molecular complexity index is 689. The third kappa shape index (κ3) is 4.36. The van der Waals surface area contributed by atoms with Crippen LogP contribution in [0.25, 0.3) is 0 Å². The summed E-state index contributed by atoms with van der Waals surface area (Å²) < 4.78 is 23.5. The number of rotatable bonds is 6. The van der Waals surface area contributed by atoms with Crippen molar-refractivity contribution in [2.45, 2.75) is 13.5 Å². The summed E-state index contributed by atoms with van der Waals surface area (Å²) in [5.41, 5.74) is 1.15. The van der Waals surface area contributed by atoms with Gasteiger partial charge in [0.25, 0.3) is 5.91 Å². The monoisotopic (exact) mass is 337 g/mol. The molecule has 0 heterocycles. The molecule has 2 aromatic carbocycles. The number of carbonyl (C=O) groups excluding carboxylic acids is 1. The van der Waals surface area contributed by atoms with Gasteiger partial charge in [-0.25, -0.2) is 4.39 Å². The summed E-state index contributed by atoms with van der Waals surface area (Å²) in [4.78, 5) is 12.2. The zero-order valence-corrected chi connectivity index (χ0v) is 13.6. The molecule has 0 aliphatic heterocycles. The van der Waals surface area contributed by atoms with E-state index in [1.165, 1.54) is 25.3 Å². The smallest absolute Gasteiger partial charge is 0.251 e. The van der Waals surface area contributed by atoms with E-state index < -0.39 is 0 Å². The predicted octanol–water partition coefficient (Wildman–Crippen LogP) is 3.82. The minimum Gasteiger partial charge on any atom is -0.493 e. The molecule has 4 nitrogen and oxygen atoms in total. The van der Waals surface area contributed by atoms with E-state index in [0.29, 0.717) is 28.7 Å². The molecular formula is C17H17ClFNO3. The minimum absolute atomic E-state index is 0.284. The van der Waals surface area contributed by atoms with Crippen LogP contribution in [0.2, 0.25) is 5.02 Å². The molecule has 0 aliphatic carbocycles. The zero-order valence-electron chi connectivity index (χ0n) is 12.9. The second kappa shape index (κ2) is 7.83. The second-order valence-electron chi connectivity index (χ2n) is 4.73. The lowest BCUT2D eigenvalue weighted by Gasteiger charge is -2.13. The quantitative estimate of drug-likeness (QED) is 0.871. The van der Waals surface area contributed by atoms with Crippen molar-refractivity contribution in [3.05, 3.63) is 58.4 Å². The predicted molar refractivity (Wildman–Crippen MR) is 86.7 cm³/mol. The van der Waals surface area contributed by atoms with Crippen LogP contribution in [0, 0.1) is 5.82 Å². The molecule has 0 fully saturated rings. The van der Waals surface area contributed by atoms with Crippen LogP contribution in [0.1, 0.15) is 22.8 Å². The molecule has 0 radical (unpaired) electrons. The van der Waals surface area contributed by atoms with Gasteiger partial charge < -0.3 is 14.8 Å². The molecule has 0 aliphatic rings. The van der Waals surface area contributed by atoms with Gasteiger partial charge in [-0.3, -0.25) is 4.79 Å². The van der Waals surface area contributed by atoms with Gasteiger partial charge >= 0.3 is 0 Å². The van der Waals surface area contributed by atoms with Gasteiger partial charge in [0.2, 0.25) is 0 Å². The maximum Gasteiger partial charge on any atom is 0.251 e. The summed E-state index contributed by atoms with van der Waals surface area (Å²) in [6.07, 6.45) is 0. The van der Waals surface area contributed by atoms with Crippen LogP contribution in [-0.2, 0) is 6.54 Å². The molecule has 1 N–H and O–H groups in total. The molecule has 2 rings (SSSR count). The molecule has 0 unspecified atom stereocenters. The first kappa shape index (κ1) is 17.1. The summed E-state index contributed by atoms with van der Waals surface area (Å²) in [5.74, 6) is 0.179. The lowest BCUT2D eigenvalue weighted by Crippen LogP contribution is -2.22. The third-order valence-corrected chi connectivity index (χ3v) is 3.43. The van der Waals surface area contributed by atoms with Crippen LogP contribution in [-0.4, -0.2) is 19.6 Å². The topological polar surface area (TPSA) is 47.6 Å². The van der Waals surface area contributed by atoms with Gasteiger partial charge in [0, 0.05) is 12.1 Å². The Morgan fingerprint density at radius 3 is 2.57 bits per heavy atom. The molecule has 0 bridgehead atoms. The van der Waals surface area contributed by atoms with Gasteiger partial charge in [0.1, 0.15) is 5.82 Å². The largest absolute Gasteiger partial charge is 0.493 e. The fourth-order valence-corrected chi connectivity index (χ4v) is 2.29. The van der Waals surface area contributed by atoms with Crippen molar-refractivity contribution in [2.24, 2.45) is 0 Å². The summed E-state index contributed by atoms with van der Waals surface area (Å²) in [6, 6.07) is 9.01. The van der Waals surface area contributed by atoms with Gasteiger partial charge in [-0.1, -0.05) is 23.7 Å². The summed E-state index contributed by atoms with van der Waals surface area (Å²) in [7, 11) is 1.48. The molecule has 0 spiro atoms. The highest BCUT2D eigenvalue weighted by atomic mass is 35.5. The molecule has 1 amide bonds. The lowest BCUT2D eigenvalue weighted by atomic mass is 10.1. The van der Waals surface area contributed by atoms with E-state index in [2.05, 4.69) is 5.32 Å². The SMILES string of the molecule is CCOc1c(Cl)cc(C(=O)NCc2ccc(F)cc2)cc1OC. The van der Waals surface area contributed by atoms with E-state index in [4.69, 9.17) is 21.1 Å². The van der Waals surface area contributed by atoms with Crippen LogP contribution >= 0.6 is 11.6 Å². The number of methoxy groups -OCH3 is 1. The first-order valence-corrected chi connectivity index (χ1v) is 7.46. The third-order valence-electron chi connectivity index (χ3n) is 3.15. The lowest BCUT2D eigenvalue weighted by molar-refractivity contribution is 0.0950. The molecule has 122 valence electrons. The highest BCUT2D eigenvalue weighted by Gasteiger charge is 2.15. The zero-order chi connectivity index (χ0) is 16.8. The Kier molecular flexibility index (Phi) is 5.82. The van der Waals surface area contributed by atoms with Gasteiger partial charge in [-0.05, 0) is 36.8 Å². The average Bonchev–Trinajstić information content (AvgIpc) is 2.55.